The molecule has 1 N–H and O–H groups in total. The van der Waals surface area contributed by atoms with E-state index in [0.29, 0.717) is 18.9 Å². The SMILES string of the molecule is CC(=O)N[C@@H]1CCN(c2cc(=O)n(C)c(=O)n2C)C1. The van der Waals surface area contributed by atoms with Gasteiger partial charge in [0.15, 0.2) is 0 Å². The summed E-state index contributed by atoms with van der Waals surface area (Å²) in [6.07, 6.45) is 0.809. The number of hydrogen-bond donors (Lipinski definition) is 1. The Morgan fingerprint density at radius 1 is 1.32 bits per heavy atom. The van der Waals surface area contributed by atoms with Gasteiger partial charge in [0.1, 0.15) is 5.82 Å². The molecule has 0 spiro atoms. The fraction of sp³-hybridized carbons (Fsp3) is 0.583. The van der Waals surface area contributed by atoms with E-state index in [4.69, 9.17) is 0 Å². The van der Waals surface area contributed by atoms with Crippen LogP contribution in [0.3, 0.4) is 0 Å². The molecule has 1 saturated heterocycles. The van der Waals surface area contributed by atoms with Gasteiger partial charge in [-0.15, -0.1) is 0 Å². The van der Waals surface area contributed by atoms with Crippen LogP contribution in [0.15, 0.2) is 15.7 Å². The molecule has 7 nitrogen and oxygen atoms in total. The van der Waals surface area contributed by atoms with E-state index in [1.807, 2.05) is 4.90 Å². The minimum atomic E-state index is -0.342. The Bertz CT molecular complexity index is 616. The second-order valence-electron chi connectivity index (χ2n) is 4.87. The van der Waals surface area contributed by atoms with Crippen molar-refractivity contribution in [3.8, 4) is 0 Å². The molecule has 2 heterocycles. The Hall–Kier alpha value is -2.05. The van der Waals surface area contributed by atoms with Gasteiger partial charge >= 0.3 is 5.69 Å². The maximum absolute atomic E-state index is 11.9. The zero-order chi connectivity index (χ0) is 14.2. The summed E-state index contributed by atoms with van der Waals surface area (Å²) in [5, 5.41) is 2.85. The molecule has 0 unspecified atom stereocenters. The van der Waals surface area contributed by atoms with Crippen molar-refractivity contribution in [1.82, 2.24) is 14.5 Å². The van der Waals surface area contributed by atoms with Crippen LogP contribution in [0, 0.1) is 0 Å². The summed E-state index contributed by atoms with van der Waals surface area (Å²) in [5.74, 6) is 0.533. The summed E-state index contributed by atoms with van der Waals surface area (Å²) in [6, 6.07) is 1.52. The van der Waals surface area contributed by atoms with E-state index < -0.39 is 0 Å². The molecule has 1 amide bonds. The number of carbonyl (C=O) groups excluding carboxylic acids is 1. The summed E-state index contributed by atoms with van der Waals surface area (Å²) in [4.78, 5) is 36.5. The van der Waals surface area contributed by atoms with Crippen molar-refractivity contribution in [2.45, 2.75) is 19.4 Å². The molecule has 0 aliphatic carbocycles. The van der Waals surface area contributed by atoms with Crippen molar-refractivity contribution in [2.24, 2.45) is 14.1 Å². The van der Waals surface area contributed by atoms with Gasteiger partial charge in [0.25, 0.3) is 5.56 Å². The predicted octanol–water partition coefficient (Wildman–Crippen LogP) is -1.20. The van der Waals surface area contributed by atoms with Crippen molar-refractivity contribution >= 4 is 11.7 Å². The topological polar surface area (TPSA) is 76.3 Å². The lowest BCUT2D eigenvalue weighted by molar-refractivity contribution is -0.119. The number of amides is 1. The first-order valence-electron chi connectivity index (χ1n) is 6.19. The molecule has 0 aromatic carbocycles. The van der Waals surface area contributed by atoms with Crippen molar-refractivity contribution in [2.75, 3.05) is 18.0 Å². The van der Waals surface area contributed by atoms with E-state index >= 15 is 0 Å². The lowest BCUT2D eigenvalue weighted by Gasteiger charge is -2.21. The van der Waals surface area contributed by atoms with E-state index in [1.54, 1.807) is 7.05 Å². The Kier molecular flexibility index (Phi) is 3.46. The monoisotopic (exact) mass is 266 g/mol. The van der Waals surface area contributed by atoms with Crippen LogP contribution in [-0.2, 0) is 18.9 Å². The first-order chi connectivity index (χ1) is 8.90. The van der Waals surface area contributed by atoms with Gasteiger partial charge < -0.3 is 10.2 Å². The normalized spacial score (nSPS) is 18.7. The highest BCUT2D eigenvalue weighted by atomic mass is 16.2. The van der Waals surface area contributed by atoms with Gasteiger partial charge in [-0.3, -0.25) is 18.7 Å². The van der Waals surface area contributed by atoms with Crippen molar-refractivity contribution < 1.29 is 4.79 Å². The Balaban J connectivity index is 2.28. The van der Waals surface area contributed by atoms with Crippen molar-refractivity contribution in [3.63, 3.8) is 0 Å². The van der Waals surface area contributed by atoms with Crippen LogP contribution in [0.25, 0.3) is 0 Å². The fourth-order valence-electron chi connectivity index (χ4n) is 2.40. The van der Waals surface area contributed by atoms with E-state index in [1.165, 1.54) is 24.6 Å². The number of rotatable bonds is 2. The summed E-state index contributed by atoms with van der Waals surface area (Å²) in [7, 11) is 3.10. The molecule has 1 atom stereocenters. The maximum atomic E-state index is 11.9. The fourth-order valence-corrected chi connectivity index (χ4v) is 2.40. The Morgan fingerprint density at radius 3 is 2.63 bits per heavy atom. The van der Waals surface area contributed by atoms with Crippen LogP contribution >= 0.6 is 0 Å². The largest absolute Gasteiger partial charge is 0.356 e. The lowest BCUT2D eigenvalue weighted by atomic mass is 10.3. The number of aromatic nitrogens is 2. The molecule has 1 aromatic heterocycles. The molecule has 19 heavy (non-hydrogen) atoms. The molecular formula is C12H18N4O3. The quantitative estimate of drug-likeness (QED) is 0.729. The van der Waals surface area contributed by atoms with E-state index in [9.17, 15) is 14.4 Å². The molecule has 0 radical (unpaired) electrons. The molecule has 104 valence electrons. The van der Waals surface area contributed by atoms with Gasteiger partial charge in [0.05, 0.1) is 0 Å². The predicted molar refractivity (Wildman–Crippen MR) is 71.4 cm³/mol. The van der Waals surface area contributed by atoms with Gasteiger partial charge in [0, 0.05) is 46.2 Å². The highest BCUT2D eigenvalue weighted by molar-refractivity contribution is 5.73. The van der Waals surface area contributed by atoms with E-state index in [2.05, 4.69) is 5.32 Å². The van der Waals surface area contributed by atoms with Crippen LogP contribution in [-0.4, -0.2) is 34.2 Å². The molecule has 2 rings (SSSR count). The van der Waals surface area contributed by atoms with Gasteiger partial charge in [-0.1, -0.05) is 0 Å². The molecule has 1 fully saturated rings. The third-order valence-electron chi connectivity index (χ3n) is 3.42. The Labute approximate surface area is 110 Å². The van der Waals surface area contributed by atoms with E-state index in [0.717, 1.165) is 11.0 Å². The summed E-state index contributed by atoms with van der Waals surface area (Å²) in [6.45, 7) is 2.81. The zero-order valence-electron chi connectivity index (χ0n) is 11.3. The Morgan fingerprint density at radius 2 is 2.00 bits per heavy atom. The van der Waals surface area contributed by atoms with Crippen LogP contribution < -0.4 is 21.5 Å². The highest BCUT2D eigenvalue weighted by Crippen LogP contribution is 2.17. The van der Waals surface area contributed by atoms with Crippen LogP contribution in [0.2, 0.25) is 0 Å². The minimum Gasteiger partial charge on any atom is -0.356 e. The second kappa shape index (κ2) is 4.91. The minimum absolute atomic E-state index is 0.0651. The number of nitrogens with one attached hydrogen (secondary N) is 1. The van der Waals surface area contributed by atoms with E-state index in [-0.39, 0.29) is 23.2 Å². The van der Waals surface area contributed by atoms with Crippen LogP contribution in [0.1, 0.15) is 13.3 Å². The average Bonchev–Trinajstić information content (AvgIpc) is 2.78. The average molecular weight is 266 g/mol. The van der Waals surface area contributed by atoms with Gasteiger partial charge in [0.2, 0.25) is 5.91 Å². The molecule has 1 aliphatic rings. The zero-order valence-corrected chi connectivity index (χ0v) is 11.3. The van der Waals surface area contributed by atoms with Gasteiger partial charge in [-0.05, 0) is 6.42 Å². The molecule has 1 aliphatic heterocycles. The molecule has 0 bridgehead atoms. The van der Waals surface area contributed by atoms with Crippen molar-refractivity contribution in [1.29, 1.82) is 0 Å². The summed E-state index contributed by atoms with van der Waals surface area (Å²) < 4.78 is 2.53. The molecular weight excluding hydrogens is 248 g/mol. The standard InChI is InChI=1S/C12H18N4O3/c1-8(17)13-9-4-5-16(7-9)10-6-11(18)15(3)12(19)14(10)2/h6,9H,4-5,7H2,1-3H3,(H,13,17)/t9-/m1/s1. The summed E-state index contributed by atoms with van der Waals surface area (Å²) >= 11 is 0. The van der Waals surface area contributed by atoms with Crippen LogP contribution in [0.4, 0.5) is 5.82 Å². The third kappa shape index (κ3) is 2.54. The number of anilines is 1. The smallest absolute Gasteiger partial charge is 0.332 e. The second-order valence-corrected chi connectivity index (χ2v) is 4.87. The first-order valence-corrected chi connectivity index (χ1v) is 6.19. The number of hydrogen-bond acceptors (Lipinski definition) is 4. The molecule has 7 heteroatoms. The lowest BCUT2D eigenvalue weighted by Crippen LogP contribution is -2.41. The first kappa shape index (κ1) is 13.4. The third-order valence-corrected chi connectivity index (χ3v) is 3.42. The number of nitrogens with zero attached hydrogens (tertiary/aromatic N) is 3. The van der Waals surface area contributed by atoms with Crippen LogP contribution in [0.5, 0.6) is 0 Å². The highest BCUT2D eigenvalue weighted by Gasteiger charge is 2.25. The summed E-state index contributed by atoms with van der Waals surface area (Å²) in [5.41, 5.74) is -0.661. The van der Waals surface area contributed by atoms with Gasteiger partial charge in [-0.25, -0.2) is 4.79 Å². The maximum Gasteiger partial charge on any atom is 0.332 e. The number of carbonyl (C=O) groups is 1. The molecule has 1 aromatic rings. The van der Waals surface area contributed by atoms with Crippen molar-refractivity contribution in [3.05, 3.63) is 26.9 Å². The van der Waals surface area contributed by atoms with Gasteiger partial charge in [-0.2, -0.15) is 0 Å². The molecule has 0 saturated carbocycles.